The van der Waals surface area contributed by atoms with Crippen molar-refractivity contribution in [1.82, 2.24) is 13.3 Å². The van der Waals surface area contributed by atoms with E-state index in [2.05, 4.69) is 0 Å². The molecule has 0 amide bonds. The largest absolute Gasteiger partial charge is 0.512 e. The van der Waals surface area contributed by atoms with Gasteiger partial charge in [-0.05, 0) is 20.9 Å². The minimum absolute atomic E-state index is 0.0442. The molecule has 9 nitrogen and oxygen atoms in total. The van der Waals surface area contributed by atoms with Crippen LogP contribution in [0.1, 0.15) is 13.8 Å². The average molecular weight is 517 g/mol. The molecule has 0 saturated carbocycles. The monoisotopic (exact) mass is 517 g/mol. The Kier molecular flexibility index (Phi) is 6.98. The van der Waals surface area contributed by atoms with Gasteiger partial charge < -0.3 is 4.90 Å². The van der Waals surface area contributed by atoms with Gasteiger partial charge in [0.05, 0.1) is 0 Å². The molecule has 0 spiro atoms. The number of halogens is 7. The van der Waals surface area contributed by atoms with Gasteiger partial charge in [0.15, 0.2) is 0 Å². The number of sulfonamides is 3. The normalized spacial score (nSPS) is 23.0. The van der Waals surface area contributed by atoms with Crippen LogP contribution in [-0.2, 0) is 30.1 Å². The van der Waals surface area contributed by atoms with Crippen LogP contribution in [0.2, 0.25) is 0 Å². The van der Waals surface area contributed by atoms with Crippen molar-refractivity contribution >= 4 is 30.1 Å². The summed E-state index contributed by atoms with van der Waals surface area (Å²) in [5, 5.41) is -10.4. The van der Waals surface area contributed by atoms with Crippen LogP contribution in [0.25, 0.3) is 0 Å². The highest BCUT2D eigenvalue weighted by Gasteiger charge is 2.76. The maximum absolute atomic E-state index is 14.9. The van der Waals surface area contributed by atoms with Crippen LogP contribution < -0.4 is 4.13 Å². The molecule has 0 aromatic carbocycles. The summed E-state index contributed by atoms with van der Waals surface area (Å²) in [6.45, 7) is -2.16. The fourth-order valence-electron chi connectivity index (χ4n) is 2.27. The highest BCUT2D eigenvalue weighted by Crippen LogP contribution is 2.49. The van der Waals surface area contributed by atoms with Gasteiger partial charge in [-0.2, -0.15) is 26.3 Å². The predicted octanol–water partition coefficient (Wildman–Crippen LogP) is 0.339. The van der Waals surface area contributed by atoms with E-state index in [0.717, 1.165) is 0 Å². The highest BCUT2D eigenvalue weighted by molar-refractivity contribution is 8.05. The molecule has 19 heteroatoms. The topological polar surface area (TPSA) is 121 Å². The Morgan fingerprint density at radius 1 is 0.700 bits per heavy atom. The highest BCUT2D eigenvalue weighted by atomic mass is 32.3. The lowest BCUT2D eigenvalue weighted by Gasteiger charge is -2.41. The van der Waals surface area contributed by atoms with Crippen LogP contribution >= 0.6 is 0 Å². The summed E-state index contributed by atoms with van der Waals surface area (Å²) in [7, 11) is -18.0. The molecule has 1 fully saturated rings. The first-order valence-corrected chi connectivity index (χ1v) is 12.1. The summed E-state index contributed by atoms with van der Waals surface area (Å²) in [6, 6.07) is 0. The zero-order valence-corrected chi connectivity index (χ0v) is 18.0. The summed E-state index contributed by atoms with van der Waals surface area (Å²) in [4.78, 5) is 1.54. The van der Waals surface area contributed by atoms with Crippen LogP contribution in [0.15, 0.2) is 0 Å². The van der Waals surface area contributed by atoms with Gasteiger partial charge in [-0.15, -0.1) is 0 Å². The van der Waals surface area contributed by atoms with Gasteiger partial charge >= 0.3 is 21.5 Å². The fourth-order valence-corrected chi connectivity index (χ4v) is 6.67. The lowest BCUT2D eigenvalue weighted by Crippen LogP contribution is -2.67. The lowest BCUT2D eigenvalue weighted by atomic mass is 10.1. The van der Waals surface area contributed by atoms with E-state index in [4.69, 9.17) is 0 Å². The lowest BCUT2D eigenvalue weighted by molar-refractivity contribution is -0.152. The Balaban J connectivity index is 3.45. The molecule has 180 valence electrons. The number of nitrogens with zero attached hydrogens (tertiary/aromatic N) is 2. The molecule has 2 atom stereocenters. The molecule has 1 aliphatic heterocycles. The number of alkyl halides is 7. The number of likely N-dealkylation sites (N-methyl/N-ethyl adjacent to an activating group) is 1. The maximum Gasteiger partial charge on any atom is 0.512 e. The third-order valence-electron chi connectivity index (χ3n) is 4.44. The summed E-state index contributed by atoms with van der Waals surface area (Å²) in [5.41, 5.74) is -6.35. The van der Waals surface area contributed by atoms with E-state index < -0.39 is 71.5 Å². The third-order valence-corrected chi connectivity index (χ3v) is 10.3. The molecule has 0 bridgehead atoms. The van der Waals surface area contributed by atoms with Crippen LogP contribution in [0.5, 0.6) is 0 Å². The van der Waals surface area contributed by atoms with Crippen molar-refractivity contribution in [2.75, 3.05) is 33.2 Å². The Bertz CT molecular complexity index is 968. The summed E-state index contributed by atoms with van der Waals surface area (Å²) in [5.74, 6) is -6.06. The number of hydrogen-bond acceptors (Lipinski definition) is 7. The van der Waals surface area contributed by atoms with Gasteiger partial charge in [-0.3, -0.25) is 0 Å². The predicted molar refractivity (Wildman–Crippen MR) is 89.0 cm³/mol. The van der Waals surface area contributed by atoms with E-state index in [1.165, 1.54) is 11.9 Å². The molecular formula is C11H18F7N3O6S3. The van der Waals surface area contributed by atoms with Gasteiger partial charge in [0.1, 0.15) is 0 Å². The van der Waals surface area contributed by atoms with Gasteiger partial charge in [0, 0.05) is 26.2 Å². The standard InChI is InChI=1S/C11H18F7N3O6S3/c1-8(12,28(22,23)19-29(24,25)11(16,17)18)10(14,15)9(2,13)30(26,27)21-6-4-20(3)5-7-21/h19H,4-7H2,1-3H3. The molecule has 1 saturated heterocycles. The van der Waals surface area contributed by atoms with Crippen LogP contribution in [0, 0.1) is 0 Å². The van der Waals surface area contributed by atoms with Crippen molar-refractivity contribution in [2.45, 2.75) is 35.3 Å². The van der Waals surface area contributed by atoms with E-state index in [1.54, 1.807) is 0 Å². The minimum atomic E-state index is -6.91. The Hall–Kier alpha value is -0.760. The summed E-state index contributed by atoms with van der Waals surface area (Å²) in [6.07, 6.45) is 0. The zero-order valence-electron chi connectivity index (χ0n) is 15.5. The first kappa shape index (κ1) is 27.3. The van der Waals surface area contributed by atoms with Crippen molar-refractivity contribution in [3.8, 4) is 0 Å². The van der Waals surface area contributed by atoms with E-state index in [0.29, 0.717) is 0 Å². The fraction of sp³-hybridized carbons (Fsp3) is 1.00. The molecule has 0 aliphatic carbocycles. The molecular weight excluding hydrogens is 499 g/mol. The van der Waals surface area contributed by atoms with Crippen molar-refractivity contribution < 1.29 is 56.0 Å². The van der Waals surface area contributed by atoms with Gasteiger partial charge in [-0.25, -0.2) is 34.0 Å². The Morgan fingerprint density at radius 2 is 1.10 bits per heavy atom. The van der Waals surface area contributed by atoms with E-state index in [-0.39, 0.29) is 28.4 Å². The number of piperazine rings is 1. The molecule has 1 rings (SSSR count). The average Bonchev–Trinajstić information content (AvgIpc) is 2.52. The summed E-state index contributed by atoms with van der Waals surface area (Å²) < 4.78 is 166. The Labute approximate surface area is 168 Å². The van der Waals surface area contributed by atoms with E-state index in [9.17, 15) is 56.0 Å². The summed E-state index contributed by atoms with van der Waals surface area (Å²) >= 11 is 0. The number of nitrogens with one attached hydrogen (secondary N) is 1. The second-order valence-corrected chi connectivity index (χ2v) is 12.8. The van der Waals surface area contributed by atoms with Crippen molar-refractivity contribution in [1.29, 1.82) is 0 Å². The second kappa shape index (κ2) is 7.68. The van der Waals surface area contributed by atoms with E-state index in [1.807, 2.05) is 0 Å². The smallest absolute Gasteiger partial charge is 0.304 e. The zero-order chi connectivity index (χ0) is 24.2. The van der Waals surface area contributed by atoms with Gasteiger partial charge in [0.25, 0.3) is 30.0 Å². The number of rotatable bonds is 7. The minimum Gasteiger partial charge on any atom is -0.304 e. The third kappa shape index (κ3) is 4.27. The molecule has 1 heterocycles. The Morgan fingerprint density at radius 3 is 1.47 bits per heavy atom. The van der Waals surface area contributed by atoms with Crippen LogP contribution in [0.4, 0.5) is 30.7 Å². The SMILES string of the molecule is CN1CCN(S(=O)(=O)C(C)(F)C(F)(F)C(C)(F)S(=O)(=O)NS(=O)(=O)C(F)(F)F)CC1. The van der Waals surface area contributed by atoms with Crippen LogP contribution in [0.3, 0.4) is 0 Å². The first-order chi connectivity index (χ1) is 13.0. The molecule has 0 radical (unpaired) electrons. The molecule has 1 N–H and O–H groups in total. The molecule has 1 aliphatic rings. The van der Waals surface area contributed by atoms with Gasteiger partial charge in [0.2, 0.25) is 0 Å². The van der Waals surface area contributed by atoms with Crippen LogP contribution in [-0.4, -0.2) is 89.1 Å². The molecule has 0 aromatic rings. The molecule has 30 heavy (non-hydrogen) atoms. The molecule has 2 unspecified atom stereocenters. The van der Waals surface area contributed by atoms with E-state index >= 15 is 0 Å². The van der Waals surface area contributed by atoms with Crippen molar-refractivity contribution in [2.24, 2.45) is 0 Å². The van der Waals surface area contributed by atoms with Crippen molar-refractivity contribution in [3.63, 3.8) is 0 Å². The van der Waals surface area contributed by atoms with Crippen molar-refractivity contribution in [3.05, 3.63) is 0 Å². The number of hydrogen-bond donors (Lipinski definition) is 1. The van der Waals surface area contributed by atoms with Gasteiger partial charge in [-0.1, -0.05) is 4.13 Å². The maximum atomic E-state index is 14.9. The quantitative estimate of drug-likeness (QED) is 0.484. The first-order valence-electron chi connectivity index (χ1n) is 7.74. The molecule has 0 aromatic heterocycles. The second-order valence-electron chi connectivity index (χ2n) is 6.65.